The fourth-order valence-electron chi connectivity index (χ4n) is 1.71. The van der Waals surface area contributed by atoms with Crippen molar-refractivity contribution in [1.29, 1.82) is 0 Å². The summed E-state index contributed by atoms with van der Waals surface area (Å²) in [6, 6.07) is 4.58. The second-order valence-corrected chi connectivity index (χ2v) is 4.84. The van der Waals surface area contributed by atoms with E-state index in [0.717, 1.165) is 12.1 Å². The van der Waals surface area contributed by atoms with Crippen molar-refractivity contribution < 1.29 is 19.0 Å². The average Bonchev–Trinajstić information content (AvgIpc) is 2.31. The molecule has 2 nitrogen and oxygen atoms in total. The molecule has 2 rings (SSSR count). The molecular formula is C13H8Cl2F2O2. The summed E-state index contributed by atoms with van der Waals surface area (Å²) < 4.78 is 26.6. The summed E-state index contributed by atoms with van der Waals surface area (Å²) >= 11 is 11.4. The second-order valence-electron chi connectivity index (χ2n) is 3.97. The number of rotatable bonds is 2. The lowest BCUT2D eigenvalue weighted by molar-refractivity contribution is 0.420. The summed E-state index contributed by atoms with van der Waals surface area (Å²) in [7, 11) is 0. The van der Waals surface area contributed by atoms with Gasteiger partial charge in [0.25, 0.3) is 0 Å². The molecule has 0 amide bonds. The molecule has 2 aromatic carbocycles. The summed E-state index contributed by atoms with van der Waals surface area (Å²) in [6.45, 7) is 0. The molecule has 0 aliphatic heterocycles. The number of aromatic hydroxyl groups is 2. The van der Waals surface area contributed by atoms with E-state index < -0.39 is 23.1 Å². The van der Waals surface area contributed by atoms with Gasteiger partial charge in [-0.2, -0.15) is 0 Å². The first-order valence-corrected chi connectivity index (χ1v) is 5.98. The molecule has 0 fully saturated rings. The molecule has 100 valence electrons. The van der Waals surface area contributed by atoms with Crippen LogP contribution in [0.4, 0.5) is 8.78 Å². The van der Waals surface area contributed by atoms with Gasteiger partial charge >= 0.3 is 0 Å². The second kappa shape index (κ2) is 5.23. The van der Waals surface area contributed by atoms with Crippen LogP contribution >= 0.6 is 23.2 Å². The van der Waals surface area contributed by atoms with E-state index in [0.29, 0.717) is 0 Å². The van der Waals surface area contributed by atoms with Crippen molar-refractivity contribution in [3.05, 3.63) is 57.1 Å². The standard InChI is InChI=1S/C13H8Cl2F2O2/c14-8-2-6(12(18)10(16)4-8)1-7-3-9(15)5-11(17)13(7)19/h2-5,18-19H,1H2. The molecule has 0 aliphatic rings. The Morgan fingerprint density at radius 3 is 1.53 bits per heavy atom. The van der Waals surface area contributed by atoms with Crippen molar-refractivity contribution in [2.24, 2.45) is 0 Å². The molecular weight excluding hydrogens is 297 g/mol. The van der Waals surface area contributed by atoms with Crippen molar-refractivity contribution >= 4 is 23.2 Å². The number of phenolic OH excluding ortho intramolecular Hbond substituents is 2. The SMILES string of the molecule is Oc1c(F)cc(Cl)cc1Cc1cc(Cl)cc(F)c1O. The number of hydrogen-bond acceptors (Lipinski definition) is 2. The summed E-state index contributed by atoms with van der Waals surface area (Å²) in [5.41, 5.74) is 0.254. The van der Waals surface area contributed by atoms with Gasteiger partial charge in [-0.25, -0.2) is 8.78 Å². The quantitative estimate of drug-likeness (QED) is 0.869. The van der Waals surface area contributed by atoms with E-state index in [1.54, 1.807) is 0 Å². The van der Waals surface area contributed by atoms with Crippen LogP contribution in [0.5, 0.6) is 11.5 Å². The number of hydrogen-bond donors (Lipinski definition) is 2. The van der Waals surface area contributed by atoms with Gasteiger partial charge in [0.2, 0.25) is 0 Å². The number of halogens is 4. The zero-order valence-corrected chi connectivity index (χ0v) is 10.9. The molecule has 0 aliphatic carbocycles. The smallest absolute Gasteiger partial charge is 0.166 e. The molecule has 0 heterocycles. The van der Waals surface area contributed by atoms with Crippen LogP contribution in [0.3, 0.4) is 0 Å². The molecule has 0 radical (unpaired) electrons. The topological polar surface area (TPSA) is 40.5 Å². The third-order valence-electron chi connectivity index (χ3n) is 2.60. The Morgan fingerprint density at radius 1 is 0.789 bits per heavy atom. The lowest BCUT2D eigenvalue weighted by Gasteiger charge is -2.09. The van der Waals surface area contributed by atoms with E-state index in [4.69, 9.17) is 23.2 Å². The lowest BCUT2D eigenvalue weighted by atomic mass is 10.0. The van der Waals surface area contributed by atoms with E-state index in [2.05, 4.69) is 0 Å². The van der Waals surface area contributed by atoms with Crippen LogP contribution in [-0.2, 0) is 6.42 Å². The van der Waals surface area contributed by atoms with Crippen LogP contribution in [-0.4, -0.2) is 10.2 Å². The number of phenols is 2. The van der Waals surface area contributed by atoms with Crippen LogP contribution in [0, 0.1) is 11.6 Å². The summed E-state index contributed by atoms with van der Waals surface area (Å²) in [6.07, 6.45) is -0.105. The average molecular weight is 305 g/mol. The van der Waals surface area contributed by atoms with Crippen molar-refractivity contribution in [2.75, 3.05) is 0 Å². The van der Waals surface area contributed by atoms with E-state index in [1.165, 1.54) is 12.1 Å². The van der Waals surface area contributed by atoms with Crippen molar-refractivity contribution in [3.63, 3.8) is 0 Å². The van der Waals surface area contributed by atoms with Gasteiger partial charge in [-0.05, 0) is 24.3 Å². The van der Waals surface area contributed by atoms with Gasteiger partial charge in [0.05, 0.1) is 0 Å². The fourth-order valence-corrected chi connectivity index (χ4v) is 2.17. The zero-order chi connectivity index (χ0) is 14.2. The Labute approximate surface area is 117 Å². The summed E-state index contributed by atoms with van der Waals surface area (Å²) in [5, 5.41) is 19.3. The predicted molar refractivity (Wildman–Crippen MR) is 69.0 cm³/mol. The highest BCUT2D eigenvalue weighted by atomic mass is 35.5. The molecule has 0 saturated heterocycles. The molecule has 19 heavy (non-hydrogen) atoms. The highest BCUT2D eigenvalue weighted by Gasteiger charge is 2.14. The van der Waals surface area contributed by atoms with Gasteiger partial charge in [0, 0.05) is 27.6 Å². The maximum absolute atomic E-state index is 13.3. The van der Waals surface area contributed by atoms with Gasteiger partial charge in [0.1, 0.15) is 0 Å². The van der Waals surface area contributed by atoms with Crippen LogP contribution < -0.4 is 0 Å². The van der Waals surface area contributed by atoms with E-state index in [9.17, 15) is 19.0 Å². The zero-order valence-electron chi connectivity index (χ0n) is 9.42. The first-order valence-electron chi connectivity index (χ1n) is 5.22. The highest BCUT2D eigenvalue weighted by Crippen LogP contribution is 2.32. The third-order valence-corrected chi connectivity index (χ3v) is 3.03. The third kappa shape index (κ3) is 2.91. The maximum Gasteiger partial charge on any atom is 0.166 e. The minimum Gasteiger partial charge on any atom is -0.505 e. The van der Waals surface area contributed by atoms with E-state index >= 15 is 0 Å². The van der Waals surface area contributed by atoms with Crippen molar-refractivity contribution in [1.82, 2.24) is 0 Å². The summed E-state index contributed by atoms with van der Waals surface area (Å²) in [5.74, 6) is -2.96. The van der Waals surface area contributed by atoms with Crippen molar-refractivity contribution in [2.45, 2.75) is 6.42 Å². The number of benzene rings is 2. The molecule has 0 bridgehead atoms. The van der Waals surface area contributed by atoms with E-state index in [-0.39, 0.29) is 27.6 Å². The van der Waals surface area contributed by atoms with Crippen LogP contribution in [0.2, 0.25) is 10.0 Å². The molecule has 6 heteroatoms. The Bertz CT molecular complexity index is 590. The molecule has 0 unspecified atom stereocenters. The lowest BCUT2D eigenvalue weighted by Crippen LogP contribution is -1.94. The normalized spacial score (nSPS) is 10.7. The van der Waals surface area contributed by atoms with E-state index in [1.807, 2.05) is 0 Å². The monoisotopic (exact) mass is 304 g/mol. The van der Waals surface area contributed by atoms with Crippen molar-refractivity contribution in [3.8, 4) is 11.5 Å². The largest absolute Gasteiger partial charge is 0.505 e. The van der Waals surface area contributed by atoms with Gasteiger partial charge in [-0.3, -0.25) is 0 Å². The Balaban J connectivity index is 2.47. The molecule has 2 N–H and O–H groups in total. The molecule has 0 aromatic heterocycles. The first-order chi connectivity index (χ1) is 8.88. The molecule has 0 atom stereocenters. The van der Waals surface area contributed by atoms with Crippen LogP contribution in [0.25, 0.3) is 0 Å². The van der Waals surface area contributed by atoms with Gasteiger partial charge in [-0.15, -0.1) is 0 Å². The van der Waals surface area contributed by atoms with Gasteiger partial charge in [0.15, 0.2) is 23.1 Å². The highest BCUT2D eigenvalue weighted by molar-refractivity contribution is 6.31. The minimum atomic E-state index is -0.885. The van der Waals surface area contributed by atoms with Crippen LogP contribution in [0.15, 0.2) is 24.3 Å². The molecule has 2 aromatic rings. The minimum absolute atomic E-state index is 0.0901. The maximum atomic E-state index is 13.3. The van der Waals surface area contributed by atoms with Gasteiger partial charge < -0.3 is 10.2 Å². The molecule has 0 spiro atoms. The summed E-state index contributed by atoms with van der Waals surface area (Å²) in [4.78, 5) is 0. The Kier molecular flexibility index (Phi) is 3.83. The van der Waals surface area contributed by atoms with Gasteiger partial charge in [-0.1, -0.05) is 23.2 Å². The fraction of sp³-hybridized carbons (Fsp3) is 0.0769. The predicted octanol–water partition coefficient (Wildman–Crippen LogP) is 4.27. The molecule has 0 saturated carbocycles. The Morgan fingerprint density at radius 2 is 1.16 bits per heavy atom. The Hall–Kier alpha value is -1.52. The first kappa shape index (κ1) is 13.9. The van der Waals surface area contributed by atoms with Crippen LogP contribution in [0.1, 0.15) is 11.1 Å².